The highest BCUT2D eigenvalue weighted by atomic mass is 16.7. The van der Waals surface area contributed by atoms with Gasteiger partial charge in [-0.2, -0.15) is 5.48 Å². The second-order valence-electron chi connectivity index (χ2n) is 1.84. The highest BCUT2D eigenvalue weighted by molar-refractivity contribution is 5.92. The predicted octanol–water partition coefficient (Wildman–Crippen LogP) is 0.323. The van der Waals surface area contributed by atoms with E-state index in [1.807, 2.05) is 5.48 Å². The average Bonchev–Trinajstić information content (AvgIpc) is 1.99. The molecule has 0 unspecified atom stereocenters. The van der Waals surface area contributed by atoms with Crippen LogP contribution in [0.25, 0.3) is 0 Å². The van der Waals surface area contributed by atoms with Crippen molar-refractivity contribution in [1.82, 2.24) is 5.48 Å². The molecule has 0 aromatic rings. The first-order chi connectivity index (χ1) is 5.07. The van der Waals surface area contributed by atoms with Gasteiger partial charge < -0.3 is 4.84 Å². The van der Waals surface area contributed by atoms with Crippen molar-refractivity contribution < 1.29 is 14.4 Å². The molecule has 0 bridgehead atoms. The van der Waals surface area contributed by atoms with Crippen molar-refractivity contribution in [3.63, 3.8) is 0 Å². The molecule has 0 aliphatic rings. The molecular formula is C7H9NO3. The Morgan fingerprint density at radius 3 is 2.45 bits per heavy atom. The van der Waals surface area contributed by atoms with Crippen LogP contribution in [0, 0.1) is 0 Å². The lowest BCUT2D eigenvalue weighted by molar-refractivity contribution is -0.151. The van der Waals surface area contributed by atoms with E-state index in [9.17, 15) is 9.59 Å². The summed E-state index contributed by atoms with van der Waals surface area (Å²) in [7, 11) is 0. The molecule has 1 N–H and O–H groups in total. The maximum absolute atomic E-state index is 10.6. The van der Waals surface area contributed by atoms with Crippen molar-refractivity contribution in [2.75, 3.05) is 0 Å². The molecule has 0 radical (unpaired) electrons. The number of nitrogens with one attached hydrogen (secondary N) is 1. The Balaban J connectivity index is 3.71. The fourth-order valence-electron chi connectivity index (χ4n) is 0.225. The molecule has 11 heavy (non-hydrogen) atoms. The number of carbonyl (C=O) groups excluding carboxylic acids is 2. The van der Waals surface area contributed by atoms with Crippen LogP contribution in [0.1, 0.15) is 6.92 Å². The van der Waals surface area contributed by atoms with Crippen molar-refractivity contribution in [3.05, 3.63) is 24.8 Å². The first-order valence-corrected chi connectivity index (χ1v) is 2.87. The average molecular weight is 155 g/mol. The Morgan fingerprint density at radius 1 is 1.55 bits per heavy atom. The largest absolute Gasteiger partial charge is 0.355 e. The smallest absolute Gasteiger partial charge is 0.336 e. The van der Waals surface area contributed by atoms with Crippen LogP contribution >= 0.6 is 0 Å². The summed E-state index contributed by atoms with van der Waals surface area (Å²) in [5.74, 6) is -1.24. The van der Waals surface area contributed by atoms with E-state index >= 15 is 0 Å². The fourth-order valence-corrected chi connectivity index (χ4v) is 0.225. The Labute approximate surface area is 64.5 Å². The van der Waals surface area contributed by atoms with E-state index < -0.39 is 11.9 Å². The van der Waals surface area contributed by atoms with Gasteiger partial charge in [-0.1, -0.05) is 13.2 Å². The van der Waals surface area contributed by atoms with Gasteiger partial charge in [-0.25, -0.2) is 4.79 Å². The van der Waals surface area contributed by atoms with Crippen LogP contribution in [0.15, 0.2) is 24.8 Å². The lowest BCUT2D eigenvalue weighted by Gasteiger charge is -2.01. The normalized spacial score (nSPS) is 8.09. The molecule has 0 saturated carbocycles. The summed E-state index contributed by atoms with van der Waals surface area (Å²) in [6.07, 6.45) is 0.943. The quantitative estimate of drug-likeness (QED) is 0.461. The van der Waals surface area contributed by atoms with E-state index in [1.54, 1.807) is 0 Å². The third-order valence-electron chi connectivity index (χ3n) is 0.799. The van der Waals surface area contributed by atoms with E-state index in [0.717, 1.165) is 6.08 Å². The van der Waals surface area contributed by atoms with Crippen LogP contribution in [-0.4, -0.2) is 11.9 Å². The zero-order valence-corrected chi connectivity index (χ0v) is 6.22. The van der Waals surface area contributed by atoms with Crippen molar-refractivity contribution >= 4 is 11.9 Å². The maximum Gasteiger partial charge on any atom is 0.355 e. The fraction of sp³-hybridized carbons (Fsp3) is 0.143. The first-order valence-electron chi connectivity index (χ1n) is 2.87. The summed E-state index contributed by atoms with van der Waals surface area (Å²) in [5, 5.41) is 0. The third kappa shape index (κ3) is 3.91. The van der Waals surface area contributed by atoms with Gasteiger partial charge in [-0.3, -0.25) is 4.79 Å². The molecule has 0 heterocycles. The van der Waals surface area contributed by atoms with Crippen molar-refractivity contribution in [2.45, 2.75) is 6.92 Å². The molecule has 4 nitrogen and oxygen atoms in total. The van der Waals surface area contributed by atoms with E-state index in [-0.39, 0.29) is 5.57 Å². The predicted molar refractivity (Wildman–Crippen MR) is 39.2 cm³/mol. The SMILES string of the molecule is C=CC(=O)ONC(=O)C(=C)C. The lowest BCUT2D eigenvalue weighted by Crippen LogP contribution is -2.26. The topological polar surface area (TPSA) is 55.4 Å². The molecule has 0 saturated heterocycles. The Morgan fingerprint density at radius 2 is 2.09 bits per heavy atom. The summed E-state index contributed by atoms with van der Waals surface area (Å²) < 4.78 is 0. The number of hydrogen-bond acceptors (Lipinski definition) is 3. The highest BCUT2D eigenvalue weighted by Gasteiger charge is 2.02. The number of hydrogen-bond donors (Lipinski definition) is 1. The van der Waals surface area contributed by atoms with E-state index in [0.29, 0.717) is 0 Å². The van der Waals surface area contributed by atoms with Crippen LogP contribution in [0.3, 0.4) is 0 Å². The van der Waals surface area contributed by atoms with Gasteiger partial charge in [-0.05, 0) is 6.92 Å². The standard InChI is InChI=1S/C7H9NO3/c1-4-6(9)11-8-7(10)5(2)3/h4H,1-2H2,3H3,(H,8,10). The second kappa shape index (κ2) is 4.27. The van der Waals surface area contributed by atoms with Gasteiger partial charge in [0.2, 0.25) is 0 Å². The zero-order chi connectivity index (χ0) is 8.85. The first kappa shape index (κ1) is 9.42. The molecule has 4 heteroatoms. The minimum absolute atomic E-state index is 0.266. The van der Waals surface area contributed by atoms with Crippen molar-refractivity contribution in [3.8, 4) is 0 Å². The van der Waals surface area contributed by atoms with Crippen LogP contribution in [0.2, 0.25) is 0 Å². The Kier molecular flexibility index (Phi) is 3.66. The van der Waals surface area contributed by atoms with E-state index in [4.69, 9.17) is 0 Å². The number of amides is 1. The molecule has 0 rings (SSSR count). The molecule has 1 amide bonds. The molecule has 0 spiro atoms. The lowest BCUT2D eigenvalue weighted by atomic mass is 10.3. The molecule has 0 atom stereocenters. The van der Waals surface area contributed by atoms with Gasteiger partial charge in [0.05, 0.1) is 0 Å². The summed E-state index contributed by atoms with van der Waals surface area (Å²) in [6, 6.07) is 0. The van der Waals surface area contributed by atoms with E-state index in [1.165, 1.54) is 6.92 Å². The van der Waals surface area contributed by atoms with Gasteiger partial charge in [0.15, 0.2) is 0 Å². The summed E-state index contributed by atoms with van der Waals surface area (Å²) >= 11 is 0. The van der Waals surface area contributed by atoms with Crippen LogP contribution in [0.4, 0.5) is 0 Å². The number of rotatable bonds is 2. The monoisotopic (exact) mass is 155 g/mol. The Bertz CT molecular complexity index is 208. The minimum Gasteiger partial charge on any atom is -0.336 e. The highest BCUT2D eigenvalue weighted by Crippen LogP contribution is 1.85. The molecule has 0 aromatic heterocycles. The minimum atomic E-state index is -0.709. The molecule has 0 aromatic carbocycles. The molecule has 0 aliphatic carbocycles. The van der Waals surface area contributed by atoms with Gasteiger partial charge in [0.1, 0.15) is 0 Å². The second-order valence-corrected chi connectivity index (χ2v) is 1.84. The number of carbonyl (C=O) groups is 2. The zero-order valence-electron chi connectivity index (χ0n) is 6.22. The molecular weight excluding hydrogens is 146 g/mol. The summed E-state index contributed by atoms with van der Waals surface area (Å²) in [4.78, 5) is 25.2. The van der Waals surface area contributed by atoms with Crippen molar-refractivity contribution in [2.24, 2.45) is 0 Å². The molecule has 0 fully saturated rings. The summed E-state index contributed by atoms with van der Waals surface area (Å²) in [6.45, 7) is 7.96. The van der Waals surface area contributed by atoms with Gasteiger partial charge in [-0.15, -0.1) is 0 Å². The third-order valence-corrected chi connectivity index (χ3v) is 0.799. The van der Waals surface area contributed by atoms with E-state index in [2.05, 4.69) is 18.0 Å². The molecule has 60 valence electrons. The Hall–Kier alpha value is -1.58. The van der Waals surface area contributed by atoms with Gasteiger partial charge in [0.25, 0.3) is 5.91 Å². The maximum atomic E-state index is 10.6. The van der Waals surface area contributed by atoms with Gasteiger partial charge in [0, 0.05) is 11.6 Å². The van der Waals surface area contributed by atoms with Crippen LogP contribution in [0.5, 0.6) is 0 Å². The van der Waals surface area contributed by atoms with Gasteiger partial charge >= 0.3 is 5.97 Å². The summed E-state index contributed by atoms with van der Waals surface area (Å²) in [5.41, 5.74) is 2.14. The van der Waals surface area contributed by atoms with Crippen molar-refractivity contribution in [1.29, 1.82) is 0 Å². The van der Waals surface area contributed by atoms with Crippen LogP contribution < -0.4 is 5.48 Å². The van der Waals surface area contributed by atoms with Crippen LogP contribution in [-0.2, 0) is 14.4 Å². The number of hydroxylamine groups is 1. The molecule has 0 aliphatic heterocycles.